The highest BCUT2D eigenvalue weighted by atomic mass is 24.5. The van der Waals surface area contributed by atoms with Gasteiger partial charge in [0.15, 0.2) is 0 Å². The van der Waals surface area contributed by atoms with Crippen molar-refractivity contribution >= 4 is 27.8 Å². The molecule has 0 aliphatic rings. The van der Waals surface area contributed by atoms with E-state index in [0.29, 0.717) is 0 Å². The molecule has 0 heterocycles. The molecule has 0 nitrogen and oxygen atoms in total. The van der Waals surface area contributed by atoms with Crippen LogP contribution in [0.4, 0.5) is 0 Å². The maximum atomic E-state index is 2.36. The fraction of sp³-hybridized carbons (Fsp3) is 0.250. The van der Waals surface area contributed by atoms with Crippen LogP contribution in [0.15, 0.2) is 36.4 Å². The Bertz CT molecular complexity index is 492. The molecule has 0 radical (unpaired) electrons. The predicted molar refractivity (Wildman–Crippen MR) is 76.9 cm³/mol. The standard InChI is InChI=1S/2C8H9.Mg/c2*1-7-5-3-4-6-8(7)2;/h2*3,5-6H,1-2H3;. The van der Waals surface area contributed by atoms with Crippen molar-refractivity contribution in [3.63, 3.8) is 0 Å². The van der Waals surface area contributed by atoms with Crippen LogP contribution in [0.25, 0.3) is 0 Å². The summed E-state index contributed by atoms with van der Waals surface area (Å²) in [6.45, 7) is 8.76. The Balaban J connectivity index is 2.25. The average Bonchev–Trinajstić information content (AvgIpc) is 2.29. The summed E-state index contributed by atoms with van der Waals surface area (Å²) < 4.78 is 3.08. The van der Waals surface area contributed by atoms with Crippen LogP contribution in [0.5, 0.6) is 0 Å². The number of aryl methyl sites for hydroxylation is 4. The molecule has 0 N–H and O–H groups in total. The zero-order valence-electron chi connectivity index (χ0n) is 11.2. The Morgan fingerprint density at radius 1 is 0.588 bits per heavy atom. The van der Waals surface area contributed by atoms with Crippen LogP contribution >= 0.6 is 0 Å². The highest BCUT2D eigenvalue weighted by Crippen LogP contribution is 2.04. The third-order valence-electron chi connectivity index (χ3n) is 3.55. The third-order valence-corrected chi connectivity index (χ3v) is 5.25. The van der Waals surface area contributed by atoms with Gasteiger partial charge in [0.05, 0.1) is 0 Å². The molecule has 2 aromatic carbocycles. The van der Waals surface area contributed by atoms with Gasteiger partial charge in [-0.25, -0.2) is 0 Å². The van der Waals surface area contributed by atoms with Crippen molar-refractivity contribution in [2.75, 3.05) is 0 Å². The number of benzene rings is 2. The lowest BCUT2D eigenvalue weighted by molar-refractivity contribution is 1.35. The molecule has 0 fully saturated rings. The number of rotatable bonds is 2. The fourth-order valence-electron chi connectivity index (χ4n) is 2.06. The Labute approximate surface area is 114 Å². The maximum Gasteiger partial charge on any atom is 0.450 e. The highest BCUT2D eigenvalue weighted by Gasteiger charge is 2.04. The van der Waals surface area contributed by atoms with Gasteiger partial charge < -0.3 is 0 Å². The zero-order valence-corrected chi connectivity index (χ0v) is 12.6. The van der Waals surface area contributed by atoms with Crippen molar-refractivity contribution in [3.05, 3.63) is 58.7 Å². The molecule has 0 amide bonds. The van der Waals surface area contributed by atoms with Crippen LogP contribution in [-0.4, -0.2) is 20.4 Å². The van der Waals surface area contributed by atoms with E-state index < -0.39 is 0 Å². The molecule has 0 aromatic heterocycles. The quantitative estimate of drug-likeness (QED) is 0.701. The van der Waals surface area contributed by atoms with E-state index in [0.717, 1.165) is 0 Å². The topological polar surface area (TPSA) is 0 Å². The number of hydrogen-bond donors (Lipinski definition) is 0. The van der Waals surface area contributed by atoms with Gasteiger partial charge in [-0.15, -0.1) is 0 Å². The first-order valence-corrected chi connectivity index (χ1v) is 7.60. The Morgan fingerprint density at radius 3 is 1.35 bits per heavy atom. The maximum absolute atomic E-state index is 2.36. The largest absolute Gasteiger partial charge is 0.450 e. The lowest BCUT2D eigenvalue weighted by Crippen LogP contribution is -2.27. The molecule has 0 atom stereocenters. The summed E-state index contributed by atoms with van der Waals surface area (Å²) in [7, 11) is 0. The summed E-state index contributed by atoms with van der Waals surface area (Å²) >= 11 is -0.309. The summed E-state index contributed by atoms with van der Waals surface area (Å²) in [5.74, 6) is 0. The van der Waals surface area contributed by atoms with Gasteiger partial charge in [0, 0.05) is 0 Å². The minimum atomic E-state index is -0.309. The monoisotopic (exact) mass is 234 g/mol. The van der Waals surface area contributed by atoms with Gasteiger partial charge in [-0.05, 0) is 38.8 Å². The zero-order chi connectivity index (χ0) is 12.4. The van der Waals surface area contributed by atoms with E-state index in [4.69, 9.17) is 0 Å². The van der Waals surface area contributed by atoms with Gasteiger partial charge in [-0.3, -0.25) is 0 Å². The lowest BCUT2D eigenvalue weighted by Gasteiger charge is -2.07. The number of hydrogen-bond acceptors (Lipinski definition) is 0. The molecule has 2 aromatic rings. The molecule has 0 aliphatic heterocycles. The minimum Gasteiger partial charge on any atom is -0.165 e. The summed E-state index contributed by atoms with van der Waals surface area (Å²) in [5.41, 5.74) is 5.61. The van der Waals surface area contributed by atoms with E-state index in [1.807, 2.05) is 0 Å². The van der Waals surface area contributed by atoms with Crippen molar-refractivity contribution in [1.82, 2.24) is 0 Å². The fourth-order valence-corrected chi connectivity index (χ4v) is 3.82. The van der Waals surface area contributed by atoms with Crippen molar-refractivity contribution in [1.29, 1.82) is 0 Å². The van der Waals surface area contributed by atoms with Gasteiger partial charge >= 0.3 is 20.4 Å². The first-order chi connectivity index (χ1) is 8.06. The molecular weight excluding hydrogens is 216 g/mol. The van der Waals surface area contributed by atoms with Crippen molar-refractivity contribution in [2.45, 2.75) is 27.7 Å². The second-order valence-electron chi connectivity index (χ2n) is 5.01. The predicted octanol–water partition coefficient (Wildman–Crippen LogP) is 2.58. The summed E-state index contributed by atoms with van der Waals surface area (Å²) in [4.78, 5) is 0. The molecule has 0 aliphatic carbocycles. The van der Waals surface area contributed by atoms with Gasteiger partial charge in [0.2, 0.25) is 0 Å². The molecular formula is C16H18Mg. The first-order valence-electron chi connectivity index (χ1n) is 6.18. The molecule has 0 saturated carbocycles. The van der Waals surface area contributed by atoms with E-state index in [1.54, 1.807) is 0 Å². The van der Waals surface area contributed by atoms with E-state index in [1.165, 1.54) is 29.6 Å². The van der Waals surface area contributed by atoms with Crippen molar-refractivity contribution < 1.29 is 0 Å². The third kappa shape index (κ3) is 3.11. The molecule has 0 unspecified atom stereocenters. The van der Waals surface area contributed by atoms with Gasteiger partial charge in [0.1, 0.15) is 0 Å². The second kappa shape index (κ2) is 5.24. The van der Waals surface area contributed by atoms with Crippen molar-refractivity contribution in [3.8, 4) is 0 Å². The first kappa shape index (κ1) is 12.7. The highest BCUT2D eigenvalue weighted by molar-refractivity contribution is 6.67. The Hall–Kier alpha value is -0.794. The van der Waals surface area contributed by atoms with E-state index >= 15 is 0 Å². The average molecular weight is 235 g/mol. The van der Waals surface area contributed by atoms with E-state index in [9.17, 15) is 0 Å². The molecule has 17 heavy (non-hydrogen) atoms. The molecule has 0 spiro atoms. The smallest absolute Gasteiger partial charge is 0.165 e. The SMILES string of the molecule is Cc1cc[c]([Mg][c]2ccc(C)c(C)c2)cc1C. The molecule has 84 valence electrons. The molecule has 0 saturated heterocycles. The molecule has 1 heteroatoms. The summed E-state index contributed by atoms with van der Waals surface area (Å²) in [6.07, 6.45) is 0. The Morgan fingerprint density at radius 2 is 1.00 bits per heavy atom. The minimum absolute atomic E-state index is 0.309. The Kier molecular flexibility index (Phi) is 3.90. The van der Waals surface area contributed by atoms with E-state index in [2.05, 4.69) is 64.1 Å². The summed E-state index contributed by atoms with van der Waals surface area (Å²) in [5, 5.41) is 0. The normalized spacial score (nSPS) is 10.1. The second-order valence-corrected chi connectivity index (χ2v) is 7.00. The lowest BCUT2D eigenvalue weighted by atomic mass is 10.1. The van der Waals surface area contributed by atoms with Gasteiger partial charge in [-0.1, -0.05) is 47.5 Å². The van der Waals surface area contributed by atoms with Gasteiger partial charge in [0.25, 0.3) is 0 Å². The van der Waals surface area contributed by atoms with Crippen LogP contribution in [-0.2, 0) is 0 Å². The van der Waals surface area contributed by atoms with Gasteiger partial charge in [-0.2, -0.15) is 7.39 Å². The van der Waals surface area contributed by atoms with Crippen LogP contribution in [0.3, 0.4) is 0 Å². The molecule has 0 bridgehead atoms. The van der Waals surface area contributed by atoms with Crippen molar-refractivity contribution in [2.24, 2.45) is 0 Å². The van der Waals surface area contributed by atoms with Crippen LogP contribution < -0.4 is 7.39 Å². The van der Waals surface area contributed by atoms with Crippen LogP contribution in [0.2, 0.25) is 0 Å². The molecule has 2 rings (SSSR count). The summed E-state index contributed by atoms with van der Waals surface area (Å²) in [6, 6.07) is 13.8. The van der Waals surface area contributed by atoms with E-state index in [-0.39, 0.29) is 20.4 Å². The van der Waals surface area contributed by atoms with Crippen LogP contribution in [0.1, 0.15) is 22.3 Å². The van der Waals surface area contributed by atoms with Crippen LogP contribution in [0, 0.1) is 27.7 Å².